The van der Waals surface area contributed by atoms with Crippen LogP contribution in [0.3, 0.4) is 0 Å². The van der Waals surface area contributed by atoms with Gasteiger partial charge in [0.25, 0.3) is 0 Å². The smallest absolute Gasteiger partial charge is 0.176 e. The molecule has 1 aliphatic carbocycles. The molecule has 0 amide bonds. The van der Waals surface area contributed by atoms with Crippen molar-refractivity contribution < 1.29 is 9.84 Å². The number of aromatic hydroxyl groups is 1. The molecule has 2 aliphatic rings. The number of halogens is 1. The van der Waals surface area contributed by atoms with Gasteiger partial charge < -0.3 is 9.84 Å². The SMILES string of the molecule is COc1cc(CN2CC3CCCC3C2)cc(Cl)c1O. The molecule has 0 aromatic heterocycles. The molecule has 104 valence electrons. The van der Waals surface area contributed by atoms with Gasteiger partial charge in [0, 0.05) is 19.6 Å². The number of ether oxygens (including phenoxy) is 1. The van der Waals surface area contributed by atoms with Crippen molar-refractivity contribution in [3.05, 3.63) is 22.7 Å². The minimum atomic E-state index is 0.0335. The minimum Gasteiger partial charge on any atom is -0.503 e. The molecular weight excluding hydrogens is 262 g/mol. The van der Waals surface area contributed by atoms with E-state index in [0.29, 0.717) is 10.8 Å². The molecule has 1 heterocycles. The Morgan fingerprint density at radius 1 is 1.32 bits per heavy atom. The van der Waals surface area contributed by atoms with Crippen LogP contribution in [0.5, 0.6) is 11.5 Å². The van der Waals surface area contributed by atoms with E-state index in [-0.39, 0.29) is 5.75 Å². The molecule has 1 saturated heterocycles. The average molecular weight is 282 g/mol. The van der Waals surface area contributed by atoms with Crippen molar-refractivity contribution in [2.75, 3.05) is 20.2 Å². The molecule has 2 atom stereocenters. The lowest BCUT2D eigenvalue weighted by molar-refractivity contribution is 0.302. The Morgan fingerprint density at radius 2 is 2.00 bits per heavy atom. The van der Waals surface area contributed by atoms with E-state index in [1.807, 2.05) is 12.1 Å². The maximum atomic E-state index is 9.74. The number of hydrogen-bond acceptors (Lipinski definition) is 3. The molecule has 3 rings (SSSR count). The molecule has 1 saturated carbocycles. The maximum absolute atomic E-state index is 9.74. The number of benzene rings is 1. The highest BCUT2D eigenvalue weighted by Gasteiger charge is 2.35. The highest BCUT2D eigenvalue weighted by molar-refractivity contribution is 6.32. The topological polar surface area (TPSA) is 32.7 Å². The zero-order valence-electron chi connectivity index (χ0n) is 11.2. The summed E-state index contributed by atoms with van der Waals surface area (Å²) in [4.78, 5) is 2.50. The molecule has 1 aromatic carbocycles. The van der Waals surface area contributed by atoms with Gasteiger partial charge in [0.1, 0.15) is 0 Å². The summed E-state index contributed by atoms with van der Waals surface area (Å²) < 4.78 is 5.15. The van der Waals surface area contributed by atoms with Crippen LogP contribution in [0, 0.1) is 11.8 Å². The lowest BCUT2D eigenvalue weighted by atomic mass is 10.0. The fourth-order valence-corrected chi connectivity index (χ4v) is 3.83. The number of fused-ring (bicyclic) bond motifs is 1. The second-order valence-corrected chi connectivity index (χ2v) is 6.18. The van der Waals surface area contributed by atoms with Crippen molar-refractivity contribution in [1.82, 2.24) is 4.90 Å². The van der Waals surface area contributed by atoms with Crippen LogP contribution in [-0.4, -0.2) is 30.2 Å². The lowest BCUT2D eigenvalue weighted by Gasteiger charge is -2.18. The highest BCUT2D eigenvalue weighted by Crippen LogP contribution is 2.39. The minimum absolute atomic E-state index is 0.0335. The molecule has 2 fully saturated rings. The maximum Gasteiger partial charge on any atom is 0.176 e. The van der Waals surface area contributed by atoms with Crippen LogP contribution in [0.25, 0.3) is 0 Å². The van der Waals surface area contributed by atoms with E-state index in [1.165, 1.54) is 32.4 Å². The Kier molecular flexibility index (Phi) is 3.59. The Bertz CT molecular complexity index is 465. The molecular formula is C15H20ClNO2. The zero-order valence-corrected chi connectivity index (χ0v) is 12.0. The molecule has 0 radical (unpaired) electrons. The molecule has 19 heavy (non-hydrogen) atoms. The third-order valence-electron chi connectivity index (χ3n) is 4.52. The monoisotopic (exact) mass is 281 g/mol. The molecule has 0 spiro atoms. The van der Waals surface area contributed by atoms with E-state index in [4.69, 9.17) is 16.3 Å². The van der Waals surface area contributed by atoms with Gasteiger partial charge in [-0.15, -0.1) is 0 Å². The largest absolute Gasteiger partial charge is 0.503 e. The summed E-state index contributed by atoms with van der Waals surface area (Å²) in [5, 5.41) is 10.1. The number of likely N-dealkylation sites (tertiary alicyclic amines) is 1. The Balaban J connectivity index is 1.72. The first kappa shape index (κ1) is 13.1. The first-order valence-electron chi connectivity index (χ1n) is 6.95. The third kappa shape index (κ3) is 2.54. The van der Waals surface area contributed by atoms with Crippen molar-refractivity contribution in [3.8, 4) is 11.5 Å². The number of rotatable bonds is 3. The summed E-state index contributed by atoms with van der Waals surface area (Å²) in [6.45, 7) is 3.29. The fourth-order valence-electron chi connectivity index (χ4n) is 3.59. The third-order valence-corrected chi connectivity index (χ3v) is 4.80. The summed E-state index contributed by atoms with van der Waals surface area (Å²) in [7, 11) is 1.55. The van der Waals surface area contributed by atoms with Gasteiger partial charge in [0.2, 0.25) is 0 Å². The fraction of sp³-hybridized carbons (Fsp3) is 0.600. The highest BCUT2D eigenvalue weighted by atomic mass is 35.5. The molecule has 1 aromatic rings. The van der Waals surface area contributed by atoms with Crippen LogP contribution in [0.2, 0.25) is 5.02 Å². The number of nitrogens with zero attached hydrogens (tertiary/aromatic N) is 1. The summed E-state index contributed by atoms with van der Waals surface area (Å²) in [5.41, 5.74) is 1.11. The first-order chi connectivity index (χ1) is 9.17. The summed E-state index contributed by atoms with van der Waals surface area (Å²) in [5.74, 6) is 2.29. The lowest BCUT2D eigenvalue weighted by Crippen LogP contribution is -2.21. The Hall–Kier alpha value is -0.930. The van der Waals surface area contributed by atoms with Gasteiger partial charge in [-0.3, -0.25) is 4.90 Å². The molecule has 3 nitrogen and oxygen atoms in total. The molecule has 1 N–H and O–H groups in total. The normalized spacial score (nSPS) is 26.6. The second-order valence-electron chi connectivity index (χ2n) is 5.77. The van der Waals surface area contributed by atoms with Crippen LogP contribution >= 0.6 is 11.6 Å². The standard InChI is InChI=1S/C15H20ClNO2/c1-19-14-6-10(5-13(16)15(14)18)7-17-8-11-3-2-4-12(11)9-17/h5-6,11-12,18H,2-4,7-9H2,1H3. The van der Waals surface area contributed by atoms with Gasteiger partial charge in [-0.2, -0.15) is 0 Å². The van der Waals surface area contributed by atoms with Crippen LogP contribution in [0.15, 0.2) is 12.1 Å². The number of phenolic OH excluding ortho intramolecular Hbond substituents is 1. The van der Waals surface area contributed by atoms with Gasteiger partial charge in [-0.05, 0) is 42.4 Å². The van der Waals surface area contributed by atoms with Crippen LogP contribution in [0.4, 0.5) is 0 Å². The Labute approximate surface area is 119 Å². The summed E-state index contributed by atoms with van der Waals surface area (Å²) >= 11 is 6.03. The van der Waals surface area contributed by atoms with E-state index in [9.17, 15) is 5.11 Å². The van der Waals surface area contributed by atoms with E-state index in [1.54, 1.807) is 7.11 Å². The van der Waals surface area contributed by atoms with Crippen molar-refractivity contribution in [1.29, 1.82) is 0 Å². The number of methoxy groups -OCH3 is 1. The summed E-state index contributed by atoms with van der Waals surface area (Å²) in [6.07, 6.45) is 4.18. The Morgan fingerprint density at radius 3 is 2.63 bits per heavy atom. The van der Waals surface area contributed by atoms with Crippen molar-refractivity contribution in [2.24, 2.45) is 11.8 Å². The second kappa shape index (κ2) is 5.22. The zero-order chi connectivity index (χ0) is 13.4. The van der Waals surface area contributed by atoms with Gasteiger partial charge in [-0.25, -0.2) is 0 Å². The van der Waals surface area contributed by atoms with Gasteiger partial charge >= 0.3 is 0 Å². The van der Waals surface area contributed by atoms with Crippen LogP contribution in [-0.2, 0) is 6.54 Å². The van der Waals surface area contributed by atoms with Crippen molar-refractivity contribution in [3.63, 3.8) is 0 Å². The van der Waals surface area contributed by atoms with E-state index < -0.39 is 0 Å². The molecule has 4 heteroatoms. The average Bonchev–Trinajstić information content (AvgIpc) is 2.94. The predicted molar refractivity (Wildman–Crippen MR) is 75.8 cm³/mol. The van der Waals surface area contributed by atoms with Crippen molar-refractivity contribution in [2.45, 2.75) is 25.8 Å². The predicted octanol–water partition coefficient (Wildman–Crippen LogP) is 3.29. The van der Waals surface area contributed by atoms with Crippen molar-refractivity contribution >= 4 is 11.6 Å². The molecule has 1 aliphatic heterocycles. The summed E-state index contributed by atoms with van der Waals surface area (Å²) in [6, 6.07) is 3.73. The number of phenols is 1. The van der Waals surface area contributed by atoms with Gasteiger partial charge in [0.15, 0.2) is 11.5 Å². The van der Waals surface area contributed by atoms with Gasteiger partial charge in [-0.1, -0.05) is 18.0 Å². The van der Waals surface area contributed by atoms with E-state index in [2.05, 4.69) is 4.90 Å². The van der Waals surface area contributed by atoms with E-state index >= 15 is 0 Å². The molecule has 2 unspecified atom stereocenters. The quantitative estimate of drug-likeness (QED) is 0.923. The first-order valence-corrected chi connectivity index (χ1v) is 7.33. The van der Waals surface area contributed by atoms with Crippen LogP contribution in [0.1, 0.15) is 24.8 Å². The molecule has 0 bridgehead atoms. The number of hydrogen-bond donors (Lipinski definition) is 1. The van der Waals surface area contributed by atoms with Crippen LogP contribution < -0.4 is 4.74 Å². The van der Waals surface area contributed by atoms with E-state index in [0.717, 1.165) is 23.9 Å². The van der Waals surface area contributed by atoms with Gasteiger partial charge in [0.05, 0.1) is 12.1 Å².